The Bertz CT molecular complexity index is 742. The van der Waals surface area contributed by atoms with Crippen molar-refractivity contribution >= 4 is 22.8 Å². The predicted molar refractivity (Wildman–Crippen MR) is 87.0 cm³/mol. The number of rotatable bonds is 5. The minimum atomic E-state index is -0.481. The Labute approximate surface area is 126 Å². The van der Waals surface area contributed by atoms with Crippen molar-refractivity contribution in [2.45, 2.75) is 33.9 Å². The second kappa shape index (κ2) is 6.17. The van der Waals surface area contributed by atoms with Gasteiger partial charge in [0.15, 0.2) is 0 Å². The fourth-order valence-corrected chi connectivity index (χ4v) is 2.89. The van der Waals surface area contributed by atoms with Crippen molar-refractivity contribution in [3.8, 4) is 0 Å². The summed E-state index contributed by atoms with van der Waals surface area (Å²) in [6.45, 7) is 6.97. The maximum atomic E-state index is 11.9. The first kappa shape index (κ1) is 15.4. The molecule has 0 aliphatic heterocycles. The molecule has 0 radical (unpaired) electrons. The highest BCUT2D eigenvalue weighted by Crippen LogP contribution is 2.18. The molecule has 2 aromatic heterocycles. The highest BCUT2D eigenvalue weighted by molar-refractivity contribution is 7.11. The normalized spacial score (nSPS) is 11.0. The molecular formula is C14H20N4O2S. The third-order valence-corrected chi connectivity index (χ3v) is 4.02. The monoisotopic (exact) mass is 308 g/mol. The summed E-state index contributed by atoms with van der Waals surface area (Å²) in [5.41, 5.74) is 5.29. The molecule has 0 aliphatic carbocycles. The van der Waals surface area contributed by atoms with Crippen molar-refractivity contribution < 1.29 is 0 Å². The Morgan fingerprint density at radius 1 is 1.38 bits per heavy atom. The number of H-pyrrole nitrogens is 1. The number of hydrogen-bond donors (Lipinski definition) is 3. The summed E-state index contributed by atoms with van der Waals surface area (Å²) < 4.78 is 1.40. The van der Waals surface area contributed by atoms with Gasteiger partial charge in [-0.15, -0.1) is 11.3 Å². The first-order chi connectivity index (χ1) is 9.88. The average molecular weight is 308 g/mol. The van der Waals surface area contributed by atoms with Gasteiger partial charge in [-0.3, -0.25) is 14.3 Å². The molecule has 0 spiro atoms. The molecule has 0 saturated carbocycles. The first-order valence-electron chi connectivity index (χ1n) is 6.80. The van der Waals surface area contributed by atoms with E-state index in [0.717, 1.165) is 4.88 Å². The van der Waals surface area contributed by atoms with Crippen molar-refractivity contribution in [3.05, 3.63) is 42.7 Å². The quantitative estimate of drug-likeness (QED) is 0.784. The maximum absolute atomic E-state index is 11.9. The molecule has 7 heteroatoms. The van der Waals surface area contributed by atoms with Gasteiger partial charge >= 0.3 is 5.69 Å². The van der Waals surface area contributed by atoms with Crippen LogP contribution in [0.1, 0.15) is 23.6 Å². The molecule has 21 heavy (non-hydrogen) atoms. The Balaban J connectivity index is 2.30. The van der Waals surface area contributed by atoms with E-state index in [1.165, 1.54) is 9.44 Å². The summed E-state index contributed by atoms with van der Waals surface area (Å²) in [6.07, 6.45) is 0. The zero-order valence-electron chi connectivity index (χ0n) is 12.4. The van der Waals surface area contributed by atoms with E-state index in [9.17, 15) is 9.59 Å². The fourth-order valence-electron chi connectivity index (χ4n) is 2.06. The van der Waals surface area contributed by atoms with E-state index in [-0.39, 0.29) is 17.4 Å². The SMILES string of the molecule is Cc1ccc(CNc2c(N)n(CC(C)C)c(=O)[nH]c2=O)s1. The molecule has 6 nitrogen and oxygen atoms in total. The van der Waals surface area contributed by atoms with Gasteiger partial charge in [-0.1, -0.05) is 13.8 Å². The number of anilines is 2. The molecule has 114 valence electrons. The van der Waals surface area contributed by atoms with Crippen molar-refractivity contribution in [1.82, 2.24) is 9.55 Å². The molecule has 0 bridgehead atoms. The van der Waals surface area contributed by atoms with E-state index in [2.05, 4.69) is 10.3 Å². The van der Waals surface area contributed by atoms with Crippen LogP contribution in [0, 0.1) is 12.8 Å². The second-order valence-electron chi connectivity index (χ2n) is 5.39. The van der Waals surface area contributed by atoms with Crippen LogP contribution in [0.2, 0.25) is 0 Å². The summed E-state index contributed by atoms with van der Waals surface area (Å²) in [5, 5.41) is 3.03. The van der Waals surface area contributed by atoms with Gasteiger partial charge in [0.2, 0.25) is 0 Å². The molecule has 0 saturated heterocycles. The van der Waals surface area contributed by atoms with Crippen molar-refractivity contribution in [3.63, 3.8) is 0 Å². The van der Waals surface area contributed by atoms with E-state index in [1.807, 2.05) is 32.9 Å². The molecule has 2 rings (SSSR count). The highest BCUT2D eigenvalue weighted by Gasteiger charge is 2.13. The molecule has 0 aromatic carbocycles. The van der Waals surface area contributed by atoms with Gasteiger partial charge in [0, 0.05) is 22.8 Å². The highest BCUT2D eigenvalue weighted by atomic mass is 32.1. The summed E-state index contributed by atoms with van der Waals surface area (Å²) in [7, 11) is 0. The van der Waals surface area contributed by atoms with E-state index >= 15 is 0 Å². The van der Waals surface area contributed by atoms with Crippen LogP contribution in [-0.2, 0) is 13.1 Å². The van der Waals surface area contributed by atoms with Gasteiger partial charge < -0.3 is 11.1 Å². The van der Waals surface area contributed by atoms with Crippen LogP contribution in [0.5, 0.6) is 0 Å². The number of aromatic nitrogens is 2. The maximum Gasteiger partial charge on any atom is 0.330 e. The second-order valence-corrected chi connectivity index (χ2v) is 6.76. The third kappa shape index (κ3) is 3.55. The zero-order valence-corrected chi connectivity index (χ0v) is 13.2. The Morgan fingerprint density at radius 2 is 2.10 bits per heavy atom. The van der Waals surface area contributed by atoms with Crippen LogP contribution in [0.3, 0.4) is 0 Å². The molecule has 0 atom stereocenters. The molecule has 0 amide bonds. The summed E-state index contributed by atoms with van der Waals surface area (Å²) in [5.74, 6) is 0.439. The minimum absolute atomic E-state index is 0.186. The van der Waals surface area contributed by atoms with Crippen LogP contribution >= 0.6 is 11.3 Å². The number of nitrogens with zero attached hydrogens (tertiary/aromatic N) is 1. The molecule has 2 heterocycles. The summed E-state index contributed by atoms with van der Waals surface area (Å²) in [4.78, 5) is 28.4. The summed E-state index contributed by atoms with van der Waals surface area (Å²) >= 11 is 1.65. The van der Waals surface area contributed by atoms with Crippen LogP contribution < -0.4 is 22.3 Å². The number of hydrogen-bond acceptors (Lipinski definition) is 5. The Kier molecular flexibility index (Phi) is 4.52. The van der Waals surface area contributed by atoms with Crippen molar-refractivity contribution in [2.24, 2.45) is 5.92 Å². The van der Waals surface area contributed by atoms with Gasteiger partial charge in [-0.2, -0.15) is 0 Å². The molecule has 2 aromatic rings. The number of thiophene rings is 1. The number of nitrogens with two attached hydrogens (primary N) is 1. The lowest BCUT2D eigenvalue weighted by atomic mass is 10.2. The zero-order chi connectivity index (χ0) is 15.6. The number of aryl methyl sites for hydroxylation is 1. The molecular weight excluding hydrogens is 288 g/mol. The smallest absolute Gasteiger partial charge is 0.330 e. The average Bonchev–Trinajstić information content (AvgIpc) is 2.80. The van der Waals surface area contributed by atoms with Crippen LogP contribution in [-0.4, -0.2) is 9.55 Å². The van der Waals surface area contributed by atoms with Gasteiger partial charge in [0.05, 0.1) is 0 Å². The van der Waals surface area contributed by atoms with Crippen molar-refractivity contribution in [2.75, 3.05) is 11.1 Å². The predicted octanol–water partition coefficient (Wildman–Crippen LogP) is 1.76. The van der Waals surface area contributed by atoms with E-state index < -0.39 is 11.2 Å². The van der Waals surface area contributed by atoms with E-state index in [1.54, 1.807) is 11.3 Å². The van der Waals surface area contributed by atoms with E-state index in [4.69, 9.17) is 5.73 Å². The standard InChI is InChI=1S/C14H20N4O2S/c1-8(2)7-18-12(15)11(13(19)17-14(18)20)16-6-10-5-4-9(3)21-10/h4-5,8,16H,6-7,15H2,1-3H3,(H,17,19,20). The Hall–Kier alpha value is -2.02. The van der Waals surface area contributed by atoms with E-state index in [0.29, 0.717) is 13.1 Å². The van der Waals surface area contributed by atoms with Gasteiger partial charge in [0.1, 0.15) is 11.5 Å². The fraction of sp³-hybridized carbons (Fsp3) is 0.429. The number of aromatic amines is 1. The van der Waals surface area contributed by atoms with Gasteiger partial charge in [-0.05, 0) is 25.0 Å². The lowest BCUT2D eigenvalue weighted by Crippen LogP contribution is -2.35. The Morgan fingerprint density at radius 3 is 2.67 bits per heavy atom. The van der Waals surface area contributed by atoms with Crippen LogP contribution in [0.4, 0.5) is 11.5 Å². The minimum Gasteiger partial charge on any atom is -0.383 e. The molecule has 0 aliphatic rings. The van der Waals surface area contributed by atoms with Crippen molar-refractivity contribution in [1.29, 1.82) is 0 Å². The molecule has 0 unspecified atom stereocenters. The molecule has 0 fully saturated rings. The van der Waals surface area contributed by atoms with Gasteiger partial charge in [0.25, 0.3) is 5.56 Å². The summed E-state index contributed by atoms with van der Waals surface area (Å²) in [6, 6.07) is 4.02. The van der Waals surface area contributed by atoms with Gasteiger partial charge in [-0.25, -0.2) is 4.79 Å². The first-order valence-corrected chi connectivity index (χ1v) is 7.62. The lowest BCUT2D eigenvalue weighted by molar-refractivity contribution is 0.508. The van der Waals surface area contributed by atoms with Crippen LogP contribution in [0.15, 0.2) is 21.7 Å². The topological polar surface area (TPSA) is 92.9 Å². The molecule has 4 N–H and O–H groups in total. The van der Waals surface area contributed by atoms with Crippen LogP contribution in [0.25, 0.3) is 0 Å². The lowest BCUT2D eigenvalue weighted by Gasteiger charge is -2.15. The largest absolute Gasteiger partial charge is 0.383 e. The number of nitrogens with one attached hydrogen (secondary N) is 2. The third-order valence-electron chi connectivity index (χ3n) is 3.02. The number of nitrogen functional groups attached to an aromatic ring is 1.